The highest BCUT2D eigenvalue weighted by molar-refractivity contribution is 6.31. The molecule has 0 bridgehead atoms. The number of hydrogen-bond acceptors (Lipinski definition) is 2. The van der Waals surface area contributed by atoms with Crippen LogP contribution in [0, 0.1) is 18.6 Å². The van der Waals surface area contributed by atoms with Crippen LogP contribution < -0.4 is 0 Å². The van der Waals surface area contributed by atoms with E-state index in [4.69, 9.17) is 11.6 Å². The summed E-state index contributed by atoms with van der Waals surface area (Å²) in [5.74, 6) is -2.09. The fourth-order valence-corrected chi connectivity index (χ4v) is 1.66. The average molecular weight is 271 g/mol. The van der Waals surface area contributed by atoms with Gasteiger partial charge in [-0.3, -0.25) is 9.48 Å². The Morgan fingerprint density at radius 2 is 2.17 bits per heavy atom. The van der Waals surface area contributed by atoms with Crippen molar-refractivity contribution in [2.75, 3.05) is 0 Å². The molecule has 18 heavy (non-hydrogen) atoms. The summed E-state index contributed by atoms with van der Waals surface area (Å²) < 4.78 is 27.5. The van der Waals surface area contributed by atoms with Crippen molar-refractivity contribution in [3.8, 4) is 0 Å². The molecule has 0 saturated carbocycles. The summed E-state index contributed by atoms with van der Waals surface area (Å²) in [5, 5.41) is 4.33. The van der Waals surface area contributed by atoms with E-state index in [9.17, 15) is 13.6 Å². The Balaban J connectivity index is 2.25. The second kappa shape index (κ2) is 4.86. The molecule has 2 rings (SSSR count). The van der Waals surface area contributed by atoms with Crippen molar-refractivity contribution in [2.45, 2.75) is 13.5 Å². The second-order valence-electron chi connectivity index (χ2n) is 3.78. The van der Waals surface area contributed by atoms with Gasteiger partial charge in [0.2, 0.25) is 0 Å². The van der Waals surface area contributed by atoms with E-state index in [1.807, 2.05) is 0 Å². The average Bonchev–Trinajstić information content (AvgIpc) is 2.61. The predicted octanol–water partition coefficient (Wildman–Crippen LogP) is 3.01. The van der Waals surface area contributed by atoms with E-state index in [2.05, 4.69) is 5.10 Å². The molecule has 0 aliphatic heterocycles. The molecule has 0 saturated heterocycles. The third kappa shape index (κ3) is 2.41. The number of carbonyl (C=O) groups excluding carboxylic acids is 1. The highest BCUT2D eigenvalue weighted by Crippen LogP contribution is 2.15. The van der Waals surface area contributed by atoms with Gasteiger partial charge in [0, 0.05) is 6.07 Å². The molecule has 0 fully saturated rings. The van der Waals surface area contributed by atoms with Gasteiger partial charge in [-0.1, -0.05) is 11.6 Å². The van der Waals surface area contributed by atoms with E-state index in [1.54, 1.807) is 6.92 Å². The number of rotatable bonds is 3. The van der Waals surface area contributed by atoms with Crippen molar-refractivity contribution < 1.29 is 13.6 Å². The largest absolute Gasteiger partial charge is 0.292 e. The molecule has 1 aromatic carbocycles. The topological polar surface area (TPSA) is 34.9 Å². The number of benzene rings is 1. The number of halogens is 3. The van der Waals surface area contributed by atoms with Gasteiger partial charge >= 0.3 is 0 Å². The standard InChI is InChI=1S/C12H9ClF2N2O/c1-7-10(13)5-16-17(7)6-12(18)9-3-2-8(14)4-11(9)15/h2-5H,6H2,1H3. The summed E-state index contributed by atoms with van der Waals surface area (Å²) in [7, 11) is 0. The van der Waals surface area contributed by atoms with Gasteiger partial charge in [-0.05, 0) is 19.1 Å². The summed E-state index contributed by atoms with van der Waals surface area (Å²) in [4.78, 5) is 11.8. The Kier molecular flexibility index (Phi) is 3.43. The second-order valence-corrected chi connectivity index (χ2v) is 4.19. The van der Waals surface area contributed by atoms with Gasteiger partial charge in [0.15, 0.2) is 5.78 Å². The van der Waals surface area contributed by atoms with Crippen LogP contribution >= 0.6 is 11.6 Å². The van der Waals surface area contributed by atoms with Crippen molar-refractivity contribution in [1.82, 2.24) is 9.78 Å². The summed E-state index contributed by atoms with van der Waals surface area (Å²) >= 11 is 5.79. The highest BCUT2D eigenvalue weighted by atomic mass is 35.5. The monoisotopic (exact) mass is 270 g/mol. The van der Waals surface area contributed by atoms with E-state index in [-0.39, 0.29) is 12.1 Å². The van der Waals surface area contributed by atoms with Gasteiger partial charge < -0.3 is 0 Å². The summed E-state index contributed by atoms with van der Waals surface area (Å²) in [6, 6.07) is 2.84. The molecule has 0 amide bonds. The van der Waals surface area contributed by atoms with Crippen LogP contribution in [0.2, 0.25) is 5.02 Å². The fraction of sp³-hybridized carbons (Fsp3) is 0.167. The number of aromatic nitrogens is 2. The molecule has 0 N–H and O–H groups in total. The minimum atomic E-state index is -0.879. The third-order valence-electron chi connectivity index (χ3n) is 2.57. The Bertz CT molecular complexity index is 610. The molecule has 1 heterocycles. The van der Waals surface area contributed by atoms with Crippen LogP contribution in [0.15, 0.2) is 24.4 Å². The minimum absolute atomic E-state index is 0.138. The van der Waals surface area contributed by atoms with E-state index in [0.29, 0.717) is 16.8 Å². The molecular formula is C12H9ClF2N2O. The summed E-state index contributed by atoms with van der Waals surface area (Å²) in [6.07, 6.45) is 1.41. The Labute approximate surface area is 107 Å². The summed E-state index contributed by atoms with van der Waals surface area (Å²) in [5.41, 5.74) is 0.454. The molecular weight excluding hydrogens is 262 g/mol. The van der Waals surface area contributed by atoms with Gasteiger partial charge in [-0.2, -0.15) is 5.10 Å². The maximum Gasteiger partial charge on any atom is 0.187 e. The number of hydrogen-bond donors (Lipinski definition) is 0. The Hall–Kier alpha value is -1.75. The zero-order chi connectivity index (χ0) is 13.3. The highest BCUT2D eigenvalue weighted by Gasteiger charge is 2.15. The first kappa shape index (κ1) is 12.7. The van der Waals surface area contributed by atoms with Crippen molar-refractivity contribution in [2.24, 2.45) is 0 Å². The van der Waals surface area contributed by atoms with Crippen LogP contribution in [0.3, 0.4) is 0 Å². The molecule has 6 heteroatoms. The number of Topliss-reactive ketones (excluding diaryl/α,β-unsaturated/α-hetero) is 1. The lowest BCUT2D eigenvalue weighted by molar-refractivity contribution is 0.0963. The van der Waals surface area contributed by atoms with Gasteiger partial charge in [-0.15, -0.1) is 0 Å². The van der Waals surface area contributed by atoms with Crippen molar-refractivity contribution in [1.29, 1.82) is 0 Å². The van der Waals surface area contributed by atoms with Gasteiger partial charge in [-0.25, -0.2) is 8.78 Å². The van der Waals surface area contributed by atoms with E-state index < -0.39 is 17.4 Å². The van der Waals surface area contributed by atoms with Crippen LogP contribution in [0.25, 0.3) is 0 Å². The van der Waals surface area contributed by atoms with Gasteiger partial charge in [0.25, 0.3) is 0 Å². The molecule has 0 unspecified atom stereocenters. The lowest BCUT2D eigenvalue weighted by Crippen LogP contribution is -2.14. The van der Waals surface area contributed by atoms with Crippen molar-refractivity contribution in [3.63, 3.8) is 0 Å². The molecule has 94 valence electrons. The van der Waals surface area contributed by atoms with Crippen LogP contribution in [-0.4, -0.2) is 15.6 Å². The molecule has 2 aromatic rings. The quantitative estimate of drug-likeness (QED) is 0.804. The SMILES string of the molecule is Cc1c(Cl)cnn1CC(=O)c1ccc(F)cc1F. The van der Waals surface area contributed by atoms with Crippen LogP contribution in [0.4, 0.5) is 8.78 Å². The molecule has 0 radical (unpaired) electrons. The normalized spacial score (nSPS) is 10.7. The van der Waals surface area contributed by atoms with Crippen LogP contribution in [0.5, 0.6) is 0 Å². The maximum atomic E-state index is 13.4. The molecule has 0 spiro atoms. The Morgan fingerprint density at radius 1 is 1.44 bits per heavy atom. The Morgan fingerprint density at radius 3 is 2.72 bits per heavy atom. The van der Waals surface area contributed by atoms with Gasteiger partial charge in [0.05, 0.1) is 22.5 Å². The first-order valence-corrected chi connectivity index (χ1v) is 5.53. The van der Waals surface area contributed by atoms with Crippen LogP contribution in [-0.2, 0) is 6.54 Å². The van der Waals surface area contributed by atoms with E-state index in [1.165, 1.54) is 10.9 Å². The van der Waals surface area contributed by atoms with Gasteiger partial charge in [0.1, 0.15) is 18.2 Å². The molecule has 1 aromatic heterocycles. The van der Waals surface area contributed by atoms with Crippen molar-refractivity contribution >= 4 is 17.4 Å². The van der Waals surface area contributed by atoms with Crippen molar-refractivity contribution in [3.05, 3.63) is 52.3 Å². The zero-order valence-electron chi connectivity index (χ0n) is 9.45. The molecule has 0 aliphatic rings. The third-order valence-corrected chi connectivity index (χ3v) is 2.94. The van der Waals surface area contributed by atoms with Crippen LogP contribution in [0.1, 0.15) is 16.1 Å². The first-order valence-electron chi connectivity index (χ1n) is 5.15. The lowest BCUT2D eigenvalue weighted by Gasteiger charge is -2.05. The number of ketones is 1. The number of carbonyl (C=O) groups is 1. The maximum absolute atomic E-state index is 13.4. The fourth-order valence-electron chi connectivity index (χ4n) is 1.52. The molecule has 3 nitrogen and oxygen atoms in total. The summed E-state index contributed by atoms with van der Waals surface area (Å²) in [6.45, 7) is 1.56. The smallest absolute Gasteiger partial charge is 0.187 e. The number of nitrogens with zero attached hydrogens (tertiary/aromatic N) is 2. The van der Waals surface area contributed by atoms with E-state index in [0.717, 1.165) is 12.1 Å². The lowest BCUT2D eigenvalue weighted by atomic mass is 10.1. The molecule has 0 atom stereocenters. The zero-order valence-corrected chi connectivity index (χ0v) is 10.2. The molecule has 0 aliphatic carbocycles. The first-order chi connectivity index (χ1) is 8.49. The predicted molar refractivity (Wildman–Crippen MR) is 62.7 cm³/mol. The minimum Gasteiger partial charge on any atom is -0.292 e. The van der Waals surface area contributed by atoms with E-state index >= 15 is 0 Å².